The molecule has 4 aromatic rings. The number of rotatable bonds is 7. The molecule has 2 aromatic heterocycles. The number of nitrogens with one attached hydrogen (secondary N) is 1. The first-order valence-electron chi connectivity index (χ1n) is 10.4. The van der Waals surface area contributed by atoms with Crippen LogP contribution in [0.3, 0.4) is 0 Å². The Morgan fingerprint density at radius 3 is 2.58 bits per heavy atom. The third-order valence-corrected chi connectivity index (χ3v) is 5.24. The number of fused-ring (bicyclic) bond motifs is 1. The van der Waals surface area contributed by atoms with Crippen molar-refractivity contribution in [2.24, 2.45) is 5.10 Å². The van der Waals surface area contributed by atoms with Crippen LogP contribution in [-0.2, 0) is 0 Å². The smallest absolute Gasteiger partial charge is 0.335 e. The summed E-state index contributed by atoms with van der Waals surface area (Å²) in [4.78, 5) is 23.6. The van der Waals surface area contributed by atoms with Crippen molar-refractivity contribution < 1.29 is 23.8 Å². The second-order valence-electron chi connectivity index (χ2n) is 7.46. The molecule has 2 N–H and O–H groups in total. The van der Waals surface area contributed by atoms with E-state index in [2.05, 4.69) is 10.5 Å². The van der Waals surface area contributed by atoms with Crippen molar-refractivity contribution in [3.05, 3.63) is 82.9 Å². The minimum atomic E-state index is -0.967. The summed E-state index contributed by atoms with van der Waals surface area (Å²) in [7, 11) is 0. The molecule has 33 heavy (non-hydrogen) atoms. The molecule has 0 aliphatic carbocycles. The zero-order valence-electron chi connectivity index (χ0n) is 18.5. The van der Waals surface area contributed by atoms with Crippen LogP contribution in [0.25, 0.3) is 16.7 Å². The number of carboxylic acids is 1. The Kier molecular flexibility index (Phi) is 5.99. The highest BCUT2D eigenvalue weighted by Crippen LogP contribution is 2.24. The number of hydrogen-bond acceptors (Lipinski definition) is 5. The zero-order valence-corrected chi connectivity index (χ0v) is 18.5. The molecular weight excluding hydrogens is 422 g/mol. The number of ether oxygens (including phenoxy) is 1. The van der Waals surface area contributed by atoms with Gasteiger partial charge < -0.3 is 18.8 Å². The third-order valence-electron chi connectivity index (χ3n) is 5.24. The predicted octanol–water partition coefficient (Wildman–Crippen LogP) is 4.70. The van der Waals surface area contributed by atoms with Crippen molar-refractivity contribution in [2.75, 3.05) is 6.61 Å². The second-order valence-corrected chi connectivity index (χ2v) is 7.46. The van der Waals surface area contributed by atoms with E-state index in [1.807, 2.05) is 37.5 Å². The van der Waals surface area contributed by atoms with Gasteiger partial charge in [0.05, 0.1) is 18.4 Å². The number of carbonyl (C=O) groups excluding carboxylic acids is 1. The zero-order chi connectivity index (χ0) is 23.5. The number of amides is 1. The van der Waals surface area contributed by atoms with Crippen molar-refractivity contribution in [3.8, 4) is 11.4 Å². The van der Waals surface area contributed by atoms with Gasteiger partial charge in [-0.05, 0) is 75.4 Å². The molecule has 8 heteroatoms. The average molecular weight is 445 g/mol. The first-order valence-corrected chi connectivity index (χ1v) is 10.4. The van der Waals surface area contributed by atoms with Crippen LogP contribution in [0.15, 0.2) is 64.1 Å². The van der Waals surface area contributed by atoms with Gasteiger partial charge in [-0.1, -0.05) is 0 Å². The van der Waals surface area contributed by atoms with Crippen molar-refractivity contribution in [3.63, 3.8) is 0 Å². The van der Waals surface area contributed by atoms with Crippen LogP contribution in [0, 0.1) is 13.8 Å². The quantitative estimate of drug-likeness (QED) is 0.317. The second kappa shape index (κ2) is 9.04. The molecule has 4 rings (SSSR count). The molecule has 0 aliphatic heterocycles. The summed E-state index contributed by atoms with van der Waals surface area (Å²) in [6.07, 6.45) is 1.57. The van der Waals surface area contributed by atoms with Gasteiger partial charge in [-0.15, -0.1) is 0 Å². The van der Waals surface area contributed by atoms with E-state index >= 15 is 0 Å². The van der Waals surface area contributed by atoms with E-state index in [0.29, 0.717) is 17.9 Å². The van der Waals surface area contributed by atoms with E-state index < -0.39 is 11.9 Å². The molecular formula is C25H23N3O5. The number of hydrazone groups is 1. The van der Waals surface area contributed by atoms with E-state index in [-0.39, 0.29) is 11.3 Å². The van der Waals surface area contributed by atoms with E-state index in [4.69, 9.17) is 14.3 Å². The molecule has 0 radical (unpaired) electrons. The number of aromatic carboxylic acids is 1. The summed E-state index contributed by atoms with van der Waals surface area (Å²) in [5.41, 5.74) is 6.82. The minimum Gasteiger partial charge on any atom is -0.494 e. The molecule has 0 aliphatic rings. The van der Waals surface area contributed by atoms with Crippen molar-refractivity contribution in [1.29, 1.82) is 0 Å². The van der Waals surface area contributed by atoms with Crippen LogP contribution in [0.1, 0.15) is 44.8 Å². The molecule has 1 amide bonds. The van der Waals surface area contributed by atoms with Crippen molar-refractivity contribution in [2.45, 2.75) is 20.8 Å². The topological polar surface area (TPSA) is 106 Å². The van der Waals surface area contributed by atoms with Crippen LogP contribution in [0.4, 0.5) is 0 Å². The molecule has 168 valence electrons. The van der Waals surface area contributed by atoms with Gasteiger partial charge >= 0.3 is 11.9 Å². The van der Waals surface area contributed by atoms with Gasteiger partial charge in [-0.2, -0.15) is 5.10 Å². The summed E-state index contributed by atoms with van der Waals surface area (Å²) < 4.78 is 13.1. The number of hydrogen-bond donors (Lipinski definition) is 2. The normalized spacial score (nSPS) is 11.2. The van der Waals surface area contributed by atoms with Gasteiger partial charge in [0.15, 0.2) is 5.76 Å². The molecule has 0 bridgehead atoms. The Labute approximate surface area is 190 Å². The lowest BCUT2D eigenvalue weighted by Gasteiger charge is -2.09. The third kappa shape index (κ3) is 4.50. The van der Waals surface area contributed by atoms with Crippen LogP contribution in [-0.4, -0.2) is 34.4 Å². The maximum Gasteiger partial charge on any atom is 0.335 e. The number of carbonyl (C=O) groups is 2. The van der Waals surface area contributed by atoms with Gasteiger partial charge in [0.1, 0.15) is 11.3 Å². The lowest BCUT2D eigenvalue weighted by atomic mass is 10.2. The number of benzene rings is 2. The van der Waals surface area contributed by atoms with Crippen molar-refractivity contribution in [1.82, 2.24) is 9.99 Å². The highest BCUT2D eigenvalue weighted by Gasteiger charge is 2.13. The highest BCUT2D eigenvalue weighted by atomic mass is 16.5. The summed E-state index contributed by atoms with van der Waals surface area (Å²) >= 11 is 0. The highest BCUT2D eigenvalue weighted by molar-refractivity contribution is 5.97. The number of aryl methyl sites for hydroxylation is 1. The minimum absolute atomic E-state index is 0.153. The Morgan fingerprint density at radius 1 is 1.12 bits per heavy atom. The Balaban J connectivity index is 1.49. The fourth-order valence-corrected chi connectivity index (χ4v) is 3.67. The monoisotopic (exact) mass is 445 g/mol. The summed E-state index contributed by atoms with van der Waals surface area (Å²) in [5, 5.41) is 13.9. The summed E-state index contributed by atoms with van der Waals surface area (Å²) in [6.45, 7) is 6.33. The first kappa shape index (κ1) is 21.9. The Bertz CT molecular complexity index is 1360. The van der Waals surface area contributed by atoms with Gasteiger partial charge in [-0.25, -0.2) is 10.2 Å². The van der Waals surface area contributed by atoms with Gasteiger partial charge in [0, 0.05) is 28.0 Å². The molecule has 0 spiro atoms. The number of carboxylic acid groups (broad SMARTS) is 1. The fourth-order valence-electron chi connectivity index (χ4n) is 3.67. The predicted molar refractivity (Wildman–Crippen MR) is 125 cm³/mol. The maximum atomic E-state index is 12.5. The van der Waals surface area contributed by atoms with E-state index in [0.717, 1.165) is 28.0 Å². The molecule has 0 fully saturated rings. The molecule has 0 atom stereocenters. The standard InChI is InChI=1S/C25H23N3O5/c1-4-32-21-9-10-22-18(12-21)13-23(33-22)24(29)27-26-14-19-11-15(2)28(16(19)3)20-7-5-17(6-8-20)25(30)31/h5-14H,4H2,1-3H3,(H,27,29)(H,30,31)/b26-14+. The van der Waals surface area contributed by atoms with Crippen LogP contribution in [0.5, 0.6) is 5.75 Å². The molecule has 8 nitrogen and oxygen atoms in total. The van der Waals surface area contributed by atoms with Crippen LogP contribution < -0.4 is 10.2 Å². The van der Waals surface area contributed by atoms with Crippen molar-refractivity contribution >= 4 is 29.1 Å². The van der Waals surface area contributed by atoms with Crippen LogP contribution in [0.2, 0.25) is 0 Å². The van der Waals surface area contributed by atoms with Gasteiger partial charge in [0.25, 0.3) is 0 Å². The number of furan rings is 1. The average Bonchev–Trinajstić information content (AvgIpc) is 3.34. The van der Waals surface area contributed by atoms with Gasteiger partial charge in [0.2, 0.25) is 0 Å². The lowest BCUT2D eigenvalue weighted by Crippen LogP contribution is -2.16. The number of aromatic nitrogens is 1. The molecule has 0 unspecified atom stereocenters. The van der Waals surface area contributed by atoms with E-state index in [9.17, 15) is 9.59 Å². The SMILES string of the molecule is CCOc1ccc2oc(C(=O)N/N=C/c3cc(C)n(-c4ccc(C(=O)O)cc4)c3C)cc2c1. The Morgan fingerprint density at radius 2 is 1.88 bits per heavy atom. The van der Waals surface area contributed by atoms with Crippen LogP contribution >= 0.6 is 0 Å². The largest absolute Gasteiger partial charge is 0.494 e. The van der Waals surface area contributed by atoms with E-state index in [1.54, 1.807) is 48.7 Å². The number of nitrogens with zero attached hydrogens (tertiary/aromatic N) is 2. The van der Waals surface area contributed by atoms with Gasteiger partial charge in [-0.3, -0.25) is 4.79 Å². The summed E-state index contributed by atoms with van der Waals surface area (Å²) in [6, 6.07) is 15.6. The molecule has 0 saturated carbocycles. The molecule has 2 aromatic carbocycles. The molecule has 2 heterocycles. The summed E-state index contributed by atoms with van der Waals surface area (Å²) in [5.74, 6) is -0.563. The fraction of sp³-hybridized carbons (Fsp3) is 0.160. The maximum absolute atomic E-state index is 12.5. The van der Waals surface area contributed by atoms with E-state index in [1.165, 1.54) is 0 Å². The molecule has 0 saturated heterocycles. The lowest BCUT2D eigenvalue weighted by molar-refractivity contribution is 0.0696. The first-order chi connectivity index (χ1) is 15.9. The Hall–Kier alpha value is -4.33.